The van der Waals surface area contributed by atoms with Crippen molar-refractivity contribution in [3.05, 3.63) is 15.9 Å². The summed E-state index contributed by atoms with van der Waals surface area (Å²) in [5, 5.41) is 15.1. The second kappa shape index (κ2) is 4.56. The normalized spacial score (nSPS) is 10.3. The van der Waals surface area contributed by atoms with Crippen LogP contribution in [0.1, 0.15) is 16.2 Å². The summed E-state index contributed by atoms with van der Waals surface area (Å²) in [5.74, 6) is -0.283. The average molecular weight is 262 g/mol. The molecule has 0 aliphatic carbocycles. The number of carbonyl (C=O) groups is 1. The van der Waals surface area contributed by atoms with Gasteiger partial charge in [0.05, 0.1) is 16.8 Å². The van der Waals surface area contributed by atoms with Gasteiger partial charge in [0, 0.05) is 13.6 Å². The third kappa shape index (κ3) is 2.13. The molecule has 0 saturated heterocycles. The number of aliphatic hydroxyl groups is 1. The van der Waals surface area contributed by atoms with Crippen LogP contribution in [0.4, 0.5) is 0 Å². The number of nitrogens with one attached hydrogen (secondary N) is 1. The topological polar surface area (TPSA) is 67.2 Å². The molecular weight excluding hydrogens is 250 g/mol. The first-order valence-electron chi connectivity index (χ1n) is 4.16. The Morgan fingerprint density at radius 1 is 1.71 bits per heavy atom. The number of nitrogens with zero attached hydrogens (tertiary/aromatic N) is 2. The van der Waals surface area contributed by atoms with Crippen molar-refractivity contribution in [2.45, 2.75) is 6.92 Å². The summed E-state index contributed by atoms with van der Waals surface area (Å²) >= 11 is 3.29. The fourth-order valence-electron chi connectivity index (χ4n) is 0.981. The van der Waals surface area contributed by atoms with E-state index in [4.69, 9.17) is 5.11 Å². The van der Waals surface area contributed by atoms with Gasteiger partial charge in [-0.25, -0.2) is 0 Å². The average Bonchev–Trinajstić information content (AvgIpc) is 2.42. The predicted molar refractivity (Wildman–Crippen MR) is 55.1 cm³/mol. The smallest absolute Gasteiger partial charge is 0.273 e. The molecular formula is C8H12BrN3O2. The van der Waals surface area contributed by atoms with Crippen molar-refractivity contribution in [1.82, 2.24) is 15.1 Å². The number of aromatic nitrogens is 2. The number of aliphatic hydroxyl groups excluding tert-OH is 1. The standard InChI is InChI=1S/C8H12BrN3O2/c1-5-6(9)7(11-12(5)2)8(14)10-3-4-13/h13H,3-4H2,1-2H3,(H,10,14). The molecule has 0 radical (unpaired) electrons. The Labute approximate surface area is 90.2 Å². The minimum Gasteiger partial charge on any atom is -0.395 e. The van der Waals surface area contributed by atoms with Gasteiger partial charge in [-0.15, -0.1) is 0 Å². The van der Waals surface area contributed by atoms with Gasteiger partial charge in [0.15, 0.2) is 5.69 Å². The molecule has 14 heavy (non-hydrogen) atoms. The number of rotatable bonds is 3. The molecule has 0 unspecified atom stereocenters. The second-order valence-corrected chi connectivity index (χ2v) is 3.64. The van der Waals surface area contributed by atoms with E-state index in [1.54, 1.807) is 11.7 Å². The van der Waals surface area contributed by atoms with Crippen LogP contribution in [-0.2, 0) is 7.05 Å². The van der Waals surface area contributed by atoms with Gasteiger partial charge in [0.1, 0.15) is 0 Å². The molecule has 0 bridgehead atoms. The number of amides is 1. The highest BCUT2D eigenvalue weighted by atomic mass is 79.9. The molecule has 1 aromatic rings. The van der Waals surface area contributed by atoms with Crippen LogP contribution in [0.3, 0.4) is 0 Å². The van der Waals surface area contributed by atoms with Crippen LogP contribution in [0.5, 0.6) is 0 Å². The van der Waals surface area contributed by atoms with Crippen molar-refractivity contribution < 1.29 is 9.90 Å². The summed E-state index contributed by atoms with van der Waals surface area (Å²) in [6, 6.07) is 0. The first-order valence-corrected chi connectivity index (χ1v) is 4.95. The zero-order valence-corrected chi connectivity index (χ0v) is 9.63. The molecule has 1 amide bonds. The first-order chi connectivity index (χ1) is 6.57. The van der Waals surface area contributed by atoms with Crippen LogP contribution in [-0.4, -0.2) is 33.9 Å². The monoisotopic (exact) mass is 261 g/mol. The molecule has 0 atom stereocenters. The van der Waals surface area contributed by atoms with Crippen molar-refractivity contribution in [3.8, 4) is 0 Å². The quantitative estimate of drug-likeness (QED) is 0.818. The zero-order chi connectivity index (χ0) is 10.7. The zero-order valence-electron chi connectivity index (χ0n) is 8.04. The van der Waals surface area contributed by atoms with Crippen molar-refractivity contribution in [2.24, 2.45) is 7.05 Å². The number of halogens is 1. The van der Waals surface area contributed by atoms with E-state index >= 15 is 0 Å². The molecule has 1 heterocycles. The van der Waals surface area contributed by atoms with Crippen molar-refractivity contribution in [2.75, 3.05) is 13.2 Å². The minimum absolute atomic E-state index is 0.0742. The third-order valence-corrected chi connectivity index (χ3v) is 2.82. The maximum atomic E-state index is 11.5. The van der Waals surface area contributed by atoms with Gasteiger partial charge >= 0.3 is 0 Å². The van der Waals surface area contributed by atoms with Gasteiger partial charge < -0.3 is 10.4 Å². The van der Waals surface area contributed by atoms with E-state index in [2.05, 4.69) is 26.3 Å². The third-order valence-electron chi connectivity index (χ3n) is 1.87. The lowest BCUT2D eigenvalue weighted by Crippen LogP contribution is -2.27. The molecule has 0 spiro atoms. The van der Waals surface area contributed by atoms with E-state index < -0.39 is 0 Å². The van der Waals surface area contributed by atoms with Gasteiger partial charge in [0.2, 0.25) is 0 Å². The summed E-state index contributed by atoms with van der Waals surface area (Å²) in [5.41, 5.74) is 1.23. The van der Waals surface area contributed by atoms with E-state index in [-0.39, 0.29) is 19.1 Å². The number of carbonyl (C=O) groups excluding carboxylic acids is 1. The highest BCUT2D eigenvalue weighted by molar-refractivity contribution is 9.10. The molecule has 2 N–H and O–H groups in total. The Morgan fingerprint density at radius 3 is 2.79 bits per heavy atom. The Hall–Kier alpha value is -0.880. The summed E-state index contributed by atoms with van der Waals surface area (Å²) in [6.45, 7) is 2.02. The van der Waals surface area contributed by atoms with Crippen LogP contribution in [0.2, 0.25) is 0 Å². The number of hydrogen-bond donors (Lipinski definition) is 2. The summed E-state index contributed by atoms with van der Waals surface area (Å²) in [7, 11) is 1.77. The van der Waals surface area contributed by atoms with Gasteiger partial charge in [0.25, 0.3) is 5.91 Å². The van der Waals surface area contributed by atoms with Crippen LogP contribution < -0.4 is 5.32 Å². The van der Waals surface area contributed by atoms with Crippen molar-refractivity contribution in [1.29, 1.82) is 0 Å². The van der Waals surface area contributed by atoms with Crippen LogP contribution in [0.15, 0.2) is 4.47 Å². The minimum atomic E-state index is -0.283. The molecule has 5 nitrogen and oxygen atoms in total. The fraction of sp³-hybridized carbons (Fsp3) is 0.500. The first kappa shape index (κ1) is 11.2. The largest absolute Gasteiger partial charge is 0.395 e. The molecule has 0 aromatic carbocycles. The summed E-state index contributed by atoms with van der Waals surface area (Å²) in [4.78, 5) is 11.5. The predicted octanol–water partition coefficient (Wildman–Crippen LogP) is 0.213. The summed E-state index contributed by atoms with van der Waals surface area (Å²) < 4.78 is 2.31. The van der Waals surface area contributed by atoms with E-state index in [1.807, 2.05) is 6.92 Å². The molecule has 0 aliphatic heterocycles. The van der Waals surface area contributed by atoms with E-state index in [0.717, 1.165) is 5.69 Å². The Balaban J connectivity index is 2.85. The van der Waals surface area contributed by atoms with Gasteiger partial charge in [-0.1, -0.05) is 0 Å². The molecule has 78 valence electrons. The van der Waals surface area contributed by atoms with Gasteiger partial charge in [-0.05, 0) is 22.9 Å². The maximum Gasteiger partial charge on any atom is 0.273 e. The van der Waals surface area contributed by atoms with Crippen LogP contribution in [0, 0.1) is 6.92 Å². The molecule has 0 aliphatic rings. The Kier molecular flexibility index (Phi) is 3.65. The van der Waals surface area contributed by atoms with Gasteiger partial charge in [-0.3, -0.25) is 9.48 Å². The SMILES string of the molecule is Cc1c(Br)c(C(=O)NCCO)nn1C. The van der Waals surface area contributed by atoms with Crippen molar-refractivity contribution in [3.63, 3.8) is 0 Å². The van der Waals surface area contributed by atoms with E-state index in [0.29, 0.717) is 10.2 Å². The highest BCUT2D eigenvalue weighted by Gasteiger charge is 2.16. The lowest BCUT2D eigenvalue weighted by molar-refractivity contribution is 0.0938. The molecule has 6 heteroatoms. The number of aryl methyl sites for hydroxylation is 1. The lowest BCUT2D eigenvalue weighted by atomic mass is 10.3. The fourth-order valence-corrected chi connectivity index (χ4v) is 1.50. The molecule has 0 saturated carbocycles. The molecule has 0 fully saturated rings. The molecule has 1 rings (SSSR count). The summed E-state index contributed by atoms with van der Waals surface area (Å²) in [6.07, 6.45) is 0. The Bertz CT molecular complexity index is 349. The maximum absolute atomic E-state index is 11.5. The Morgan fingerprint density at radius 2 is 2.36 bits per heavy atom. The lowest BCUT2D eigenvalue weighted by Gasteiger charge is -1.99. The molecule has 1 aromatic heterocycles. The van der Waals surface area contributed by atoms with Crippen LogP contribution in [0.25, 0.3) is 0 Å². The van der Waals surface area contributed by atoms with Crippen LogP contribution >= 0.6 is 15.9 Å². The van der Waals surface area contributed by atoms with Gasteiger partial charge in [-0.2, -0.15) is 5.10 Å². The number of hydrogen-bond acceptors (Lipinski definition) is 3. The second-order valence-electron chi connectivity index (χ2n) is 2.85. The van der Waals surface area contributed by atoms with E-state index in [1.165, 1.54) is 0 Å². The van der Waals surface area contributed by atoms with E-state index in [9.17, 15) is 4.79 Å². The van der Waals surface area contributed by atoms with Crippen molar-refractivity contribution >= 4 is 21.8 Å². The highest BCUT2D eigenvalue weighted by Crippen LogP contribution is 2.19.